The molecule has 1 saturated heterocycles. The van der Waals surface area contributed by atoms with Crippen molar-refractivity contribution in [2.24, 2.45) is 0 Å². The van der Waals surface area contributed by atoms with Crippen molar-refractivity contribution >= 4 is 11.6 Å². The molecule has 1 amide bonds. The Balaban J connectivity index is 1.43. The van der Waals surface area contributed by atoms with Gasteiger partial charge in [0.2, 0.25) is 0 Å². The maximum Gasteiger partial charge on any atom is 0.258 e. The number of aryl methyl sites for hydroxylation is 1. The van der Waals surface area contributed by atoms with Gasteiger partial charge in [-0.05, 0) is 68.1 Å². The summed E-state index contributed by atoms with van der Waals surface area (Å²) in [6.45, 7) is 3.98. The van der Waals surface area contributed by atoms with Gasteiger partial charge >= 0.3 is 0 Å². The zero-order chi connectivity index (χ0) is 20.8. The van der Waals surface area contributed by atoms with E-state index in [1.54, 1.807) is 0 Å². The fraction of sp³-hybridized carbons (Fsp3) is 0.480. The smallest absolute Gasteiger partial charge is 0.258 e. The Labute approximate surface area is 180 Å². The van der Waals surface area contributed by atoms with E-state index >= 15 is 0 Å². The van der Waals surface area contributed by atoms with E-state index in [1.165, 1.54) is 42.5 Å². The molecule has 2 aliphatic heterocycles. The number of hydrogen-bond acceptors (Lipinski definition) is 4. The Morgan fingerprint density at radius 3 is 2.63 bits per heavy atom. The van der Waals surface area contributed by atoms with E-state index in [0.717, 1.165) is 31.8 Å². The van der Waals surface area contributed by atoms with Gasteiger partial charge in [0, 0.05) is 25.8 Å². The molecule has 1 N–H and O–H groups in total. The molecule has 0 spiro atoms. The van der Waals surface area contributed by atoms with Crippen LogP contribution in [0.3, 0.4) is 0 Å². The van der Waals surface area contributed by atoms with Crippen molar-refractivity contribution in [1.29, 1.82) is 0 Å². The van der Waals surface area contributed by atoms with E-state index in [9.17, 15) is 4.79 Å². The minimum Gasteiger partial charge on any atom is -0.484 e. The number of amides is 1. The van der Waals surface area contributed by atoms with Crippen molar-refractivity contribution in [2.45, 2.75) is 38.1 Å². The van der Waals surface area contributed by atoms with Gasteiger partial charge in [0.15, 0.2) is 6.61 Å². The van der Waals surface area contributed by atoms with E-state index in [-0.39, 0.29) is 18.6 Å². The van der Waals surface area contributed by atoms with Gasteiger partial charge in [0.25, 0.3) is 5.91 Å². The van der Waals surface area contributed by atoms with Gasteiger partial charge in [-0.15, -0.1) is 0 Å². The van der Waals surface area contributed by atoms with E-state index in [4.69, 9.17) is 4.74 Å². The van der Waals surface area contributed by atoms with Gasteiger partial charge in [-0.25, -0.2) is 0 Å². The minimum absolute atomic E-state index is 0.0473. The Kier molecular flexibility index (Phi) is 6.90. The lowest BCUT2D eigenvalue weighted by Crippen LogP contribution is -2.41. The fourth-order valence-corrected chi connectivity index (χ4v) is 4.63. The zero-order valence-corrected chi connectivity index (χ0v) is 18.0. The second kappa shape index (κ2) is 9.98. The van der Waals surface area contributed by atoms with Crippen molar-refractivity contribution in [3.05, 3.63) is 59.7 Å². The van der Waals surface area contributed by atoms with Gasteiger partial charge in [-0.1, -0.05) is 36.8 Å². The average Bonchev–Trinajstić information content (AvgIpc) is 2.79. The topological polar surface area (TPSA) is 44.8 Å². The molecule has 5 heteroatoms. The monoisotopic (exact) mass is 407 g/mol. The molecule has 2 aromatic carbocycles. The normalized spacial score (nSPS) is 17.8. The molecule has 4 rings (SSSR count). The summed E-state index contributed by atoms with van der Waals surface area (Å²) in [4.78, 5) is 17.3. The third-order valence-electron chi connectivity index (χ3n) is 6.28. The van der Waals surface area contributed by atoms with Crippen molar-refractivity contribution in [3.63, 3.8) is 0 Å². The first-order chi connectivity index (χ1) is 14.7. The first-order valence-electron chi connectivity index (χ1n) is 11.2. The second-order valence-electron chi connectivity index (χ2n) is 8.43. The average molecular weight is 408 g/mol. The van der Waals surface area contributed by atoms with Gasteiger partial charge in [-0.2, -0.15) is 0 Å². The molecule has 30 heavy (non-hydrogen) atoms. The number of ether oxygens (including phenoxy) is 1. The molecule has 0 saturated carbocycles. The van der Waals surface area contributed by atoms with Gasteiger partial charge in [-0.3, -0.25) is 9.69 Å². The Morgan fingerprint density at radius 2 is 1.83 bits per heavy atom. The van der Waals surface area contributed by atoms with Crippen molar-refractivity contribution < 1.29 is 9.53 Å². The van der Waals surface area contributed by atoms with Crippen LogP contribution in [0.1, 0.15) is 42.9 Å². The van der Waals surface area contributed by atoms with Crippen LogP contribution in [0.5, 0.6) is 5.75 Å². The molecule has 1 fully saturated rings. The number of likely N-dealkylation sites (tertiary alicyclic amines) is 1. The summed E-state index contributed by atoms with van der Waals surface area (Å²) in [7, 11) is 2.17. The number of carbonyl (C=O) groups is 1. The van der Waals surface area contributed by atoms with Crippen LogP contribution in [0.4, 0.5) is 5.69 Å². The van der Waals surface area contributed by atoms with Gasteiger partial charge < -0.3 is 15.0 Å². The molecule has 1 unspecified atom stereocenters. The number of fused-ring (bicyclic) bond motifs is 1. The van der Waals surface area contributed by atoms with Gasteiger partial charge in [0.05, 0.1) is 6.04 Å². The largest absolute Gasteiger partial charge is 0.484 e. The van der Waals surface area contributed by atoms with Crippen LogP contribution in [0.25, 0.3) is 0 Å². The first kappa shape index (κ1) is 20.7. The third kappa shape index (κ3) is 5.14. The standard InChI is InChI=1S/C25H33N3O2/c1-27-14-8-9-20-17-21(12-13-23(20)27)24(28-15-6-3-7-16-28)18-26-25(29)19-30-22-10-4-2-5-11-22/h2,4-5,10-13,17,24H,3,6-9,14-16,18-19H2,1H3,(H,26,29). The highest BCUT2D eigenvalue weighted by molar-refractivity contribution is 5.77. The van der Waals surface area contributed by atoms with Crippen molar-refractivity contribution in [1.82, 2.24) is 10.2 Å². The Morgan fingerprint density at radius 1 is 1.03 bits per heavy atom. The predicted molar refractivity (Wildman–Crippen MR) is 121 cm³/mol. The van der Waals surface area contributed by atoms with Gasteiger partial charge in [0.1, 0.15) is 5.75 Å². The quantitative estimate of drug-likeness (QED) is 0.759. The van der Waals surface area contributed by atoms with Crippen LogP contribution in [-0.2, 0) is 11.2 Å². The summed E-state index contributed by atoms with van der Waals surface area (Å²) in [6.07, 6.45) is 6.10. The maximum atomic E-state index is 12.4. The van der Waals surface area contributed by atoms with E-state index in [1.807, 2.05) is 30.3 Å². The highest BCUT2D eigenvalue weighted by Crippen LogP contribution is 2.31. The number of benzene rings is 2. The summed E-state index contributed by atoms with van der Waals surface area (Å²) in [5.41, 5.74) is 4.10. The third-order valence-corrected chi connectivity index (χ3v) is 6.28. The number of nitrogens with one attached hydrogen (secondary N) is 1. The maximum absolute atomic E-state index is 12.4. The zero-order valence-electron chi connectivity index (χ0n) is 18.0. The number of anilines is 1. The summed E-state index contributed by atoms with van der Waals surface area (Å²) in [5.74, 6) is 0.651. The SMILES string of the molecule is CN1CCCc2cc(C(CNC(=O)COc3ccccc3)N3CCCCC3)ccc21. The molecule has 0 radical (unpaired) electrons. The molecule has 1 atom stereocenters. The van der Waals surface area contributed by atoms with E-state index in [0.29, 0.717) is 6.54 Å². The number of para-hydroxylation sites is 1. The highest BCUT2D eigenvalue weighted by atomic mass is 16.5. The first-order valence-corrected chi connectivity index (χ1v) is 11.2. The van der Waals surface area contributed by atoms with Crippen LogP contribution >= 0.6 is 0 Å². The molecule has 5 nitrogen and oxygen atoms in total. The van der Waals surface area contributed by atoms with Crippen LogP contribution in [-0.4, -0.2) is 50.6 Å². The van der Waals surface area contributed by atoms with Crippen molar-refractivity contribution in [2.75, 3.05) is 44.7 Å². The lowest BCUT2D eigenvalue weighted by molar-refractivity contribution is -0.123. The van der Waals surface area contributed by atoms with Crippen molar-refractivity contribution in [3.8, 4) is 5.75 Å². The molecule has 0 aromatic heterocycles. The number of piperidine rings is 1. The molecule has 0 bridgehead atoms. The number of carbonyl (C=O) groups excluding carboxylic acids is 1. The number of rotatable bonds is 7. The second-order valence-corrected chi connectivity index (χ2v) is 8.43. The van der Waals surface area contributed by atoms with E-state index < -0.39 is 0 Å². The highest BCUT2D eigenvalue weighted by Gasteiger charge is 2.24. The molecular weight excluding hydrogens is 374 g/mol. The van der Waals surface area contributed by atoms with Crippen LogP contribution in [0.15, 0.2) is 48.5 Å². The Hall–Kier alpha value is -2.53. The lowest BCUT2D eigenvalue weighted by Gasteiger charge is -2.36. The summed E-state index contributed by atoms with van der Waals surface area (Å²) in [6, 6.07) is 16.6. The molecule has 0 aliphatic carbocycles. The summed E-state index contributed by atoms with van der Waals surface area (Å²) in [5, 5.41) is 3.12. The van der Waals surface area contributed by atoms with Crippen LogP contribution in [0, 0.1) is 0 Å². The number of nitrogens with zero attached hydrogens (tertiary/aromatic N) is 2. The fourth-order valence-electron chi connectivity index (χ4n) is 4.63. The Bertz CT molecular complexity index is 834. The molecule has 160 valence electrons. The minimum atomic E-state index is -0.0708. The molecule has 2 heterocycles. The van der Waals surface area contributed by atoms with Crippen LogP contribution in [0.2, 0.25) is 0 Å². The predicted octanol–water partition coefficient (Wildman–Crippen LogP) is 3.79. The van der Waals surface area contributed by atoms with E-state index in [2.05, 4.69) is 40.4 Å². The summed E-state index contributed by atoms with van der Waals surface area (Å²) >= 11 is 0. The molecular formula is C25H33N3O2. The number of hydrogen-bond donors (Lipinski definition) is 1. The lowest BCUT2D eigenvalue weighted by atomic mass is 9.95. The molecule has 2 aliphatic rings. The van der Waals surface area contributed by atoms with Crippen LogP contribution < -0.4 is 15.0 Å². The molecule has 2 aromatic rings. The summed E-state index contributed by atoms with van der Waals surface area (Å²) < 4.78 is 5.61.